The molecule has 0 radical (unpaired) electrons. The Bertz CT molecular complexity index is 1230. The fourth-order valence-corrected chi connectivity index (χ4v) is 6.73. The maximum atomic E-state index is 13.5. The highest BCUT2D eigenvalue weighted by Gasteiger charge is 2.44. The highest BCUT2D eigenvalue weighted by molar-refractivity contribution is 7.89. The van der Waals surface area contributed by atoms with Crippen molar-refractivity contribution in [2.75, 3.05) is 45.3 Å². The minimum atomic E-state index is -3.93. The van der Waals surface area contributed by atoms with Gasteiger partial charge < -0.3 is 35.1 Å². The molecule has 2 aromatic rings. The average Bonchev–Trinajstić information content (AvgIpc) is 3.61. The Kier molecular flexibility index (Phi) is 14.4. The number of nitrogen functional groups attached to an aromatic ring is 1. The fourth-order valence-electron chi connectivity index (χ4n) is 5.11. The third-order valence-electron chi connectivity index (χ3n) is 7.34. The van der Waals surface area contributed by atoms with Gasteiger partial charge in [-0.15, -0.1) is 0 Å². The molecule has 4 rings (SSSR count). The molecule has 2 fully saturated rings. The van der Waals surface area contributed by atoms with Crippen molar-refractivity contribution < 1.29 is 37.3 Å². The van der Waals surface area contributed by atoms with Crippen LogP contribution in [-0.2, 0) is 35.4 Å². The lowest BCUT2D eigenvalue weighted by atomic mass is 10.0. The normalized spacial score (nSPS) is 20.9. The predicted octanol–water partition coefficient (Wildman–Crippen LogP) is 3.81. The SMILES string of the molecule is CC(C)CN(CC(O)C(Cc1ccccc1)NC(=O)O[C@H]1CO[C@H]2OCC[C@H]21)S(=O)(=O)c1ccc(N)cc1.CCCOCC. The maximum absolute atomic E-state index is 13.5. The molecule has 5 atom stereocenters. The Morgan fingerprint density at radius 1 is 1.09 bits per heavy atom. The molecular formula is C32H49N3O8S. The van der Waals surface area contributed by atoms with Crippen molar-refractivity contribution >= 4 is 21.8 Å². The first-order chi connectivity index (χ1) is 21.0. The van der Waals surface area contributed by atoms with Crippen LogP contribution in [0.1, 0.15) is 46.1 Å². The monoisotopic (exact) mass is 635 g/mol. The molecule has 2 unspecified atom stereocenters. The summed E-state index contributed by atoms with van der Waals surface area (Å²) in [6.07, 6.45) is -0.553. The van der Waals surface area contributed by atoms with E-state index in [0.29, 0.717) is 12.3 Å². The molecule has 44 heavy (non-hydrogen) atoms. The topological polar surface area (TPSA) is 150 Å². The van der Waals surface area contributed by atoms with E-state index in [4.69, 9.17) is 24.7 Å². The molecule has 2 aliphatic rings. The van der Waals surface area contributed by atoms with Gasteiger partial charge in [-0.05, 0) is 61.9 Å². The molecule has 2 saturated heterocycles. The summed E-state index contributed by atoms with van der Waals surface area (Å²) in [5.41, 5.74) is 7.07. The molecule has 0 bridgehead atoms. The molecule has 2 aliphatic heterocycles. The molecule has 0 spiro atoms. The van der Waals surface area contributed by atoms with E-state index in [-0.39, 0.29) is 49.1 Å². The standard InChI is InChI=1S/C27H37N3O7S.C5H12O/c1-18(2)15-30(38(33,34)21-10-8-20(28)9-11-21)16-24(31)23(14-19-6-4-3-5-7-19)29-27(32)37-25-17-36-26-22(25)12-13-35-26;1-3-5-6-4-2/h3-11,18,22-26,31H,12-17,28H2,1-2H3,(H,29,32);3-5H2,1-2H3/t22-,23?,24?,25-,26+;/m0./s1. The van der Waals surface area contributed by atoms with E-state index in [2.05, 4.69) is 12.2 Å². The van der Waals surface area contributed by atoms with Crippen LogP contribution in [0, 0.1) is 11.8 Å². The van der Waals surface area contributed by atoms with Gasteiger partial charge in [-0.3, -0.25) is 0 Å². The lowest BCUT2D eigenvalue weighted by Gasteiger charge is -2.31. The number of benzene rings is 2. The number of amides is 1. The van der Waals surface area contributed by atoms with Crippen LogP contribution in [0.4, 0.5) is 10.5 Å². The third kappa shape index (κ3) is 10.7. The van der Waals surface area contributed by atoms with Gasteiger partial charge >= 0.3 is 6.09 Å². The van der Waals surface area contributed by atoms with Crippen LogP contribution in [-0.4, -0.2) is 88.0 Å². The van der Waals surface area contributed by atoms with Gasteiger partial charge in [-0.2, -0.15) is 4.31 Å². The number of nitrogens with zero attached hydrogens (tertiary/aromatic N) is 1. The summed E-state index contributed by atoms with van der Waals surface area (Å²) in [7, 11) is -3.93. The molecule has 11 nitrogen and oxygen atoms in total. The van der Waals surface area contributed by atoms with E-state index in [1.807, 2.05) is 51.1 Å². The molecule has 1 amide bonds. The number of hydrogen-bond donors (Lipinski definition) is 3. The Hall–Kier alpha value is -2.74. The summed E-state index contributed by atoms with van der Waals surface area (Å²) in [5.74, 6) is -0.0231. The number of sulfonamides is 1. The first-order valence-corrected chi connectivity index (χ1v) is 16.8. The summed E-state index contributed by atoms with van der Waals surface area (Å²) in [6.45, 7) is 10.5. The van der Waals surface area contributed by atoms with E-state index in [1.54, 1.807) is 0 Å². The second-order valence-corrected chi connectivity index (χ2v) is 13.4. The molecule has 0 saturated carbocycles. The molecule has 12 heteroatoms. The Labute approximate surface area is 262 Å². The number of ether oxygens (including phenoxy) is 4. The quantitative estimate of drug-likeness (QED) is 0.208. The zero-order valence-corrected chi connectivity index (χ0v) is 27.1. The second kappa shape index (κ2) is 17.7. The van der Waals surface area contributed by atoms with Gasteiger partial charge in [-0.25, -0.2) is 13.2 Å². The number of aliphatic hydroxyl groups excluding tert-OH is 1. The zero-order chi connectivity index (χ0) is 32.1. The summed E-state index contributed by atoms with van der Waals surface area (Å²) < 4.78 is 49.9. The minimum absolute atomic E-state index is 0.000183. The summed E-state index contributed by atoms with van der Waals surface area (Å²) >= 11 is 0. The Morgan fingerprint density at radius 2 is 1.80 bits per heavy atom. The van der Waals surface area contributed by atoms with Gasteiger partial charge in [0.1, 0.15) is 6.10 Å². The van der Waals surface area contributed by atoms with Crippen LogP contribution in [0.25, 0.3) is 0 Å². The molecule has 2 heterocycles. The Morgan fingerprint density at radius 3 is 2.41 bits per heavy atom. The van der Waals surface area contributed by atoms with Crippen LogP contribution < -0.4 is 11.1 Å². The lowest BCUT2D eigenvalue weighted by Crippen LogP contribution is -2.51. The van der Waals surface area contributed by atoms with Crippen LogP contribution in [0.5, 0.6) is 0 Å². The highest BCUT2D eigenvalue weighted by Crippen LogP contribution is 2.33. The van der Waals surface area contributed by atoms with E-state index in [0.717, 1.165) is 31.6 Å². The number of rotatable bonds is 14. The number of fused-ring (bicyclic) bond motifs is 1. The number of carbonyl (C=O) groups excluding carboxylic acids is 1. The number of carbonyl (C=O) groups is 1. The molecule has 2 aromatic carbocycles. The first-order valence-electron chi connectivity index (χ1n) is 15.4. The van der Waals surface area contributed by atoms with E-state index in [1.165, 1.54) is 28.6 Å². The van der Waals surface area contributed by atoms with Crippen molar-refractivity contribution in [3.63, 3.8) is 0 Å². The van der Waals surface area contributed by atoms with Crippen LogP contribution in [0.15, 0.2) is 59.5 Å². The summed E-state index contributed by atoms with van der Waals surface area (Å²) in [6, 6.07) is 14.5. The second-order valence-electron chi connectivity index (χ2n) is 11.5. The van der Waals surface area contributed by atoms with Gasteiger partial charge in [-0.1, -0.05) is 51.1 Å². The van der Waals surface area contributed by atoms with Crippen molar-refractivity contribution in [3.8, 4) is 0 Å². The van der Waals surface area contributed by atoms with E-state index in [9.17, 15) is 18.3 Å². The third-order valence-corrected chi connectivity index (χ3v) is 9.19. The Balaban J connectivity index is 0.000000801. The fraction of sp³-hybridized carbons (Fsp3) is 0.594. The molecule has 4 N–H and O–H groups in total. The lowest BCUT2D eigenvalue weighted by molar-refractivity contribution is -0.0907. The van der Waals surface area contributed by atoms with Crippen molar-refractivity contribution in [2.45, 2.75) is 76.4 Å². The molecule has 0 aromatic heterocycles. The van der Waals surface area contributed by atoms with Crippen molar-refractivity contribution in [1.29, 1.82) is 0 Å². The van der Waals surface area contributed by atoms with Gasteiger partial charge in [0.15, 0.2) is 6.29 Å². The van der Waals surface area contributed by atoms with E-state index < -0.39 is 34.4 Å². The largest absolute Gasteiger partial charge is 0.443 e. The van der Waals surface area contributed by atoms with Gasteiger partial charge in [0.05, 0.1) is 36.2 Å². The van der Waals surface area contributed by atoms with Gasteiger partial charge in [0, 0.05) is 32.0 Å². The molecule has 246 valence electrons. The van der Waals surface area contributed by atoms with Crippen molar-refractivity contribution in [2.24, 2.45) is 11.8 Å². The van der Waals surface area contributed by atoms with E-state index >= 15 is 0 Å². The molecule has 0 aliphatic carbocycles. The average molecular weight is 636 g/mol. The molecular weight excluding hydrogens is 586 g/mol. The number of aliphatic hydroxyl groups is 1. The number of hydrogen-bond acceptors (Lipinski definition) is 9. The van der Waals surface area contributed by atoms with Crippen LogP contribution in [0.2, 0.25) is 0 Å². The number of alkyl carbamates (subject to hydrolysis) is 1. The summed E-state index contributed by atoms with van der Waals surface area (Å²) in [4.78, 5) is 13.0. The number of anilines is 1. The minimum Gasteiger partial charge on any atom is -0.443 e. The van der Waals surface area contributed by atoms with Crippen molar-refractivity contribution in [1.82, 2.24) is 9.62 Å². The highest BCUT2D eigenvalue weighted by atomic mass is 32.2. The van der Waals surface area contributed by atoms with Gasteiger partial charge in [0.25, 0.3) is 0 Å². The number of nitrogens with one attached hydrogen (secondary N) is 1. The van der Waals surface area contributed by atoms with Crippen molar-refractivity contribution in [3.05, 3.63) is 60.2 Å². The van der Waals surface area contributed by atoms with Crippen LogP contribution >= 0.6 is 0 Å². The summed E-state index contributed by atoms with van der Waals surface area (Å²) in [5, 5.41) is 14.1. The van der Waals surface area contributed by atoms with Crippen LogP contribution in [0.3, 0.4) is 0 Å². The zero-order valence-electron chi connectivity index (χ0n) is 26.3. The first kappa shape index (κ1) is 35.7. The number of nitrogens with two attached hydrogens (primary N) is 1. The van der Waals surface area contributed by atoms with Gasteiger partial charge in [0.2, 0.25) is 10.0 Å². The smallest absolute Gasteiger partial charge is 0.407 e. The maximum Gasteiger partial charge on any atom is 0.407 e. The predicted molar refractivity (Wildman–Crippen MR) is 168 cm³/mol.